The van der Waals surface area contributed by atoms with Crippen LogP contribution < -0.4 is 10.6 Å². The minimum absolute atomic E-state index is 0.428. The summed E-state index contributed by atoms with van der Waals surface area (Å²) in [4.78, 5) is 46.7. The van der Waals surface area contributed by atoms with Crippen LogP contribution in [0.3, 0.4) is 0 Å². The maximum Gasteiger partial charge on any atom is 0.305 e. The highest BCUT2D eigenvalue weighted by Crippen LogP contribution is 2.18. The Hall–Kier alpha value is -1.96. The van der Waals surface area contributed by atoms with Crippen molar-refractivity contribution in [2.45, 2.75) is 72.0 Å². The molecule has 0 aromatic carbocycles. The highest BCUT2D eigenvalue weighted by molar-refractivity contribution is 5.96. The molecule has 0 saturated carbocycles. The van der Waals surface area contributed by atoms with Crippen molar-refractivity contribution < 1.29 is 29.4 Å². The topological polar surface area (TPSA) is 133 Å². The van der Waals surface area contributed by atoms with Gasteiger partial charge in [-0.1, -0.05) is 20.8 Å². The molecule has 0 bridgehead atoms. The second kappa shape index (κ2) is 8.23. The number of amides is 1. The fraction of sp³-hybridized carbons (Fsp3) is 0.750. The second-order valence-electron chi connectivity index (χ2n) is 7.82. The summed E-state index contributed by atoms with van der Waals surface area (Å²) >= 11 is 0. The molecular formula is C16H28N2O6. The first-order valence-corrected chi connectivity index (χ1v) is 7.69. The van der Waals surface area contributed by atoms with Gasteiger partial charge in [0.1, 0.15) is 0 Å². The number of hydrogen-bond donors (Lipinski definition) is 4. The van der Waals surface area contributed by atoms with E-state index in [2.05, 4.69) is 10.6 Å². The average molecular weight is 344 g/mol. The van der Waals surface area contributed by atoms with Gasteiger partial charge in [-0.2, -0.15) is 0 Å². The van der Waals surface area contributed by atoms with Crippen molar-refractivity contribution in [1.29, 1.82) is 0 Å². The molecule has 138 valence electrons. The Balaban J connectivity index is 5.32. The van der Waals surface area contributed by atoms with Gasteiger partial charge in [-0.25, -0.2) is 0 Å². The molecule has 0 fully saturated rings. The standard InChI is InChI=1S/C16H28N2O6/c1-15(2,3)13(23)9(7-11(19)20)17-14(24)10(8-12(21)22)18-16(4,5)6/h9-10,18H,7-8H2,1-6H3,(H,17,24)(H,19,20)(H,21,22). The van der Waals surface area contributed by atoms with E-state index in [-0.39, 0.29) is 0 Å². The molecule has 4 N–H and O–H groups in total. The lowest BCUT2D eigenvalue weighted by Crippen LogP contribution is -2.56. The van der Waals surface area contributed by atoms with E-state index in [0.717, 1.165) is 0 Å². The lowest BCUT2D eigenvalue weighted by molar-refractivity contribution is -0.143. The SMILES string of the molecule is CC(C)(C)NC(CC(=O)O)C(=O)NC(CC(=O)O)C(=O)C(C)(C)C. The maximum absolute atomic E-state index is 12.4. The summed E-state index contributed by atoms with van der Waals surface area (Å²) in [6.07, 6.45) is -1.04. The average Bonchev–Trinajstić information content (AvgIpc) is 2.32. The van der Waals surface area contributed by atoms with E-state index >= 15 is 0 Å². The maximum atomic E-state index is 12.4. The van der Waals surface area contributed by atoms with Gasteiger partial charge in [0.2, 0.25) is 5.91 Å². The van der Waals surface area contributed by atoms with Crippen molar-refractivity contribution in [1.82, 2.24) is 10.6 Å². The van der Waals surface area contributed by atoms with Crippen molar-refractivity contribution in [2.75, 3.05) is 0 Å². The van der Waals surface area contributed by atoms with E-state index in [9.17, 15) is 19.2 Å². The number of carbonyl (C=O) groups is 4. The number of carboxylic acids is 2. The third-order valence-electron chi connectivity index (χ3n) is 3.05. The third kappa shape index (κ3) is 8.61. The van der Waals surface area contributed by atoms with Gasteiger partial charge in [-0.3, -0.25) is 19.2 Å². The predicted molar refractivity (Wildman–Crippen MR) is 87.6 cm³/mol. The molecule has 8 nitrogen and oxygen atoms in total. The third-order valence-corrected chi connectivity index (χ3v) is 3.05. The van der Waals surface area contributed by atoms with Gasteiger partial charge in [-0.05, 0) is 20.8 Å². The summed E-state index contributed by atoms with van der Waals surface area (Å²) in [7, 11) is 0. The number of hydrogen-bond acceptors (Lipinski definition) is 5. The Kier molecular flexibility index (Phi) is 7.56. The molecule has 1 amide bonds. The molecule has 0 aromatic heterocycles. The van der Waals surface area contributed by atoms with Crippen molar-refractivity contribution in [3.63, 3.8) is 0 Å². The highest BCUT2D eigenvalue weighted by atomic mass is 16.4. The van der Waals surface area contributed by atoms with E-state index in [1.807, 2.05) is 0 Å². The lowest BCUT2D eigenvalue weighted by atomic mass is 9.85. The predicted octanol–water partition coefficient (Wildman–Crippen LogP) is 0.793. The van der Waals surface area contributed by atoms with Gasteiger partial charge in [-0.15, -0.1) is 0 Å². The zero-order valence-electron chi connectivity index (χ0n) is 15.1. The first kappa shape index (κ1) is 22.0. The molecule has 0 radical (unpaired) electrons. The van der Waals surface area contributed by atoms with E-state index in [1.54, 1.807) is 41.5 Å². The molecule has 0 aliphatic heterocycles. The largest absolute Gasteiger partial charge is 0.481 e. The summed E-state index contributed by atoms with van der Waals surface area (Å²) in [6.45, 7) is 10.2. The first-order chi connectivity index (χ1) is 10.6. The van der Waals surface area contributed by atoms with Crippen LogP contribution in [-0.4, -0.2) is 51.5 Å². The molecule has 0 saturated heterocycles. The zero-order valence-corrected chi connectivity index (χ0v) is 15.1. The minimum atomic E-state index is -1.23. The van der Waals surface area contributed by atoms with Gasteiger partial charge < -0.3 is 20.8 Å². The monoisotopic (exact) mass is 344 g/mol. The molecule has 0 aliphatic rings. The first-order valence-electron chi connectivity index (χ1n) is 7.69. The molecule has 0 spiro atoms. The van der Waals surface area contributed by atoms with Gasteiger partial charge in [0.15, 0.2) is 5.78 Å². The molecule has 2 unspecified atom stereocenters. The van der Waals surface area contributed by atoms with Crippen molar-refractivity contribution in [3.05, 3.63) is 0 Å². The van der Waals surface area contributed by atoms with E-state index in [1.165, 1.54) is 0 Å². The van der Waals surface area contributed by atoms with Crippen LogP contribution >= 0.6 is 0 Å². The molecular weight excluding hydrogens is 316 g/mol. The van der Waals surface area contributed by atoms with Crippen LogP contribution in [-0.2, 0) is 19.2 Å². The summed E-state index contributed by atoms with van der Waals surface area (Å²) in [5, 5.41) is 23.2. The molecule has 0 heterocycles. The Bertz CT molecular complexity index is 502. The summed E-state index contributed by atoms with van der Waals surface area (Å²) in [5.41, 5.74) is -1.37. The number of Topliss-reactive ketones (excluding diaryl/α,β-unsaturated/α-hetero) is 1. The molecule has 24 heavy (non-hydrogen) atoms. The summed E-state index contributed by atoms with van der Waals surface area (Å²) in [6, 6.07) is -2.29. The van der Waals surface area contributed by atoms with Crippen LogP contribution in [0, 0.1) is 5.41 Å². The van der Waals surface area contributed by atoms with Gasteiger partial charge in [0.25, 0.3) is 0 Å². The normalized spacial score (nSPS) is 14.6. The number of nitrogens with one attached hydrogen (secondary N) is 2. The van der Waals surface area contributed by atoms with Crippen LogP contribution in [0.5, 0.6) is 0 Å². The van der Waals surface area contributed by atoms with Crippen molar-refractivity contribution in [2.24, 2.45) is 5.41 Å². The van der Waals surface area contributed by atoms with Crippen LogP contribution in [0.1, 0.15) is 54.4 Å². The fourth-order valence-corrected chi connectivity index (χ4v) is 2.09. The Labute approximate surface area is 142 Å². The van der Waals surface area contributed by atoms with E-state index in [4.69, 9.17) is 10.2 Å². The zero-order chi connectivity index (χ0) is 19.3. The highest BCUT2D eigenvalue weighted by Gasteiger charge is 2.35. The Morgan fingerprint density at radius 2 is 1.25 bits per heavy atom. The van der Waals surface area contributed by atoms with Crippen LogP contribution in [0.4, 0.5) is 0 Å². The van der Waals surface area contributed by atoms with Crippen molar-refractivity contribution >= 4 is 23.6 Å². The molecule has 8 heteroatoms. The van der Waals surface area contributed by atoms with Crippen molar-refractivity contribution in [3.8, 4) is 0 Å². The second-order valence-corrected chi connectivity index (χ2v) is 7.82. The molecule has 0 aliphatic carbocycles. The Morgan fingerprint density at radius 1 is 0.833 bits per heavy atom. The summed E-state index contributed by atoms with van der Waals surface area (Å²) in [5.74, 6) is -3.54. The lowest BCUT2D eigenvalue weighted by Gasteiger charge is -2.29. The van der Waals surface area contributed by atoms with Crippen LogP contribution in [0.2, 0.25) is 0 Å². The number of rotatable bonds is 8. The number of carbonyl (C=O) groups excluding carboxylic acids is 2. The fourth-order valence-electron chi connectivity index (χ4n) is 2.09. The van der Waals surface area contributed by atoms with Gasteiger partial charge in [0.05, 0.1) is 24.9 Å². The van der Waals surface area contributed by atoms with Gasteiger partial charge in [0, 0.05) is 11.0 Å². The smallest absolute Gasteiger partial charge is 0.305 e. The molecule has 2 atom stereocenters. The number of aliphatic carboxylic acids is 2. The molecule has 0 rings (SSSR count). The number of carboxylic acid groups (broad SMARTS) is 2. The van der Waals surface area contributed by atoms with E-state index < -0.39 is 59.5 Å². The quantitative estimate of drug-likeness (QED) is 0.511. The van der Waals surface area contributed by atoms with Crippen LogP contribution in [0.25, 0.3) is 0 Å². The minimum Gasteiger partial charge on any atom is -0.481 e. The van der Waals surface area contributed by atoms with Crippen LogP contribution in [0.15, 0.2) is 0 Å². The molecule has 0 aromatic rings. The van der Waals surface area contributed by atoms with E-state index in [0.29, 0.717) is 0 Å². The number of ketones is 1. The van der Waals surface area contributed by atoms with Gasteiger partial charge >= 0.3 is 11.9 Å². The summed E-state index contributed by atoms with van der Waals surface area (Å²) < 4.78 is 0. The Morgan fingerprint density at radius 3 is 1.58 bits per heavy atom.